The summed E-state index contributed by atoms with van der Waals surface area (Å²) in [6, 6.07) is 13.2. The summed E-state index contributed by atoms with van der Waals surface area (Å²) < 4.78 is 19.2. The summed E-state index contributed by atoms with van der Waals surface area (Å²) in [5.74, 6) is -0.218. The van der Waals surface area contributed by atoms with Crippen LogP contribution in [0.15, 0.2) is 42.5 Å². The summed E-state index contributed by atoms with van der Waals surface area (Å²) in [5, 5.41) is 3.25. The number of hydrogen-bond donors (Lipinski definition) is 1. The molecule has 1 N–H and O–H groups in total. The van der Waals surface area contributed by atoms with Gasteiger partial charge in [-0.15, -0.1) is 0 Å². The molecule has 0 radical (unpaired) electrons. The highest BCUT2D eigenvalue weighted by Gasteiger charge is 2.11. The maximum Gasteiger partial charge on any atom is 0.128 e. The molecule has 1 atom stereocenters. The van der Waals surface area contributed by atoms with E-state index in [-0.39, 0.29) is 18.5 Å². The molecule has 0 aliphatic rings. The van der Waals surface area contributed by atoms with Gasteiger partial charge >= 0.3 is 0 Å². The van der Waals surface area contributed by atoms with Crippen molar-refractivity contribution in [2.45, 2.75) is 26.5 Å². The summed E-state index contributed by atoms with van der Waals surface area (Å²) in [7, 11) is 1.91. The maximum atomic E-state index is 13.5. The van der Waals surface area contributed by atoms with Gasteiger partial charge in [0.25, 0.3) is 0 Å². The average Bonchev–Trinajstić information content (AvgIpc) is 2.48. The van der Waals surface area contributed by atoms with Crippen molar-refractivity contribution in [2.75, 3.05) is 13.7 Å². The van der Waals surface area contributed by atoms with Crippen LogP contribution in [0.25, 0.3) is 0 Å². The smallest absolute Gasteiger partial charge is 0.128 e. The van der Waals surface area contributed by atoms with Crippen molar-refractivity contribution >= 4 is 0 Å². The largest absolute Gasteiger partial charge is 0.375 e. The summed E-state index contributed by atoms with van der Waals surface area (Å²) in [6.45, 7) is 5.00. The first-order valence-corrected chi connectivity index (χ1v) is 7.17. The van der Waals surface area contributed by atoms with Gasteiger partial charge in [0.15, 0.2) is 0 Å². The molecule has 0 spiro atoms. The van der Waals surface area contributed by atoms with Crippen molar-refractivity contribution in [1.82, 2.24) is 5.32 Å². The van der Waals surface area contributed by atoms with E-state index in [2.05, 4.69) is 37.4 Å². The molecule has 2 rings (SSSR count). The van der Waals surface area contributed by atoms with E-state index in [9.17, 15) is 4.39 Å². The van der Waals surface area contributed by atoms with Crippen LogP contribution < -0.4 is 5.32 Å². The lowest BCUT2D eigenvalue weighted by atomic mass is 10.0. The van der Waals surface area contributed by atoms with Crippen LogP contribution in [-0.2, 0) is 11.3 Å². The number of likely N-dealkylation sites (N-methyl/N-ethyl adjacent to an activating group) is 1. The Bertz CT molecular complexity index is 598. The molecular weight excluding hydrogens is 265 g/mol. The Morgan fingerprint density at radius 3 is 2.52 bits per heavy atom. The van der Waals surface area contributed by atoms with Gasteiger partial charge < -0.3 is 10.1 Å². The Morgan fingerprint density at radius 1 is 1.10 bits per heavy atom. The van der Waals surface area contributed by atoms with E-state index in [4.69, 9.17) is 4.74 Å². The lowest BCUT2D eigenvalue weighted by Crippen LogP contribution is -2.22. The first-order valence-electron chi connectivity index (χ1n) is 7.17. The minimum Gasteiger partial charge on any atom is -0.375 e. The van der Waals surface area contributed by atoms with Gasteiger partial charge in [0.1, 0.15) is 5.82 Å². The van der Waals surface area contributed by atoms with Crippen LogP contribution in [0.4, 0.5) is 4.39 Å². The lowest BCUT2D eigenvalue weighted by molar-refractivity contribution is 0.0985. The van der Waals surface area contributed by atoms with E-state index in [1.807, 2.05) is 13.1 Å². The number of halogens is 1. The van der Waals surface area contributed by atoms with E-state index >= 15 is 0 Å². The van der Waals surface area contributed by atoms with E-state index in [1.54, 1.807) is 12.1 Å². The van der Waals surface area contributed by atoms with E-state index in [1.165, 1.54) is 22.8 Å². The third kappa shape index (κ3) is 4.13. The third-order valence-corrected chi connectivity index (χ3v) is 3.78. The highest BCUT2D eigenvalue weighted by molar-refractivity contribution is 5.31. The highest BCUT2D eigenvalue weighted by Crippen LogP contribution is 2.18. The van der Waals surface area contributed by atoms with Crippen LogP contribution >= 0.6 is 0 Å². The zero-order valence-electron chi connectivity index (χ0n) is 12.8. The van der Waals surface area contributed by atoms with Gasteiger partial charge in [0, 0.05) is 5.56 Å². The second-order valence-electron chi connectivity index (χ2n) is 5.29. The molecule has 112 valence electrons. The molecule has 0 saturated heterocycles. The van der Waals surface area contributed by atoms with Gasteiger partial charge in [-0.25, -0.2) is 4.39 Å². The second-order valence-corrected chi connectivity index (χ2v) is 5.29. The van der Waals surface area contributed by atoms with Crippen LogP contribution in [0, 0.1) is 19.7 Å². The van der Waals surface area contributed by atoms with Gasteiger partial charge in [0.05, 0.1) is 19.3 Å². The third-order valence-electron chi connectivity index (χ3n) is 3.78. The molecule has 0 amide bonds. The van der Waals surface area contributed by atoms with E-state index in [0.717, 1.165) is 0 Å². The standard InChI is InChI=1S/C18H22FNO/c1-13-8-9-15(10-14(13)2)18(20-3)12-21-11-16-6-4-5-7-17(16)19/h4-10,18,20H,11-12H2,1-3H3. The van der Waals surface area contributed by atoms with Crippen molar-refractivity contribution in [3.63, 3.8) is 0 Å². The summed E-state index contributed by atoms with van der Waals surface area (Å²) in [5.41, 5.74) is 4.32. The average molecular weight is 287 g/mol. The molecule has 0 saturated carbocycles. The number of nitrogens with one attached hydrogen (secondary N) is 1. The Balaban J connectivity index is 1.96. The minimum atomic E-state index is -0.218. The van der Waals surface area contributed by atoms with Crippen molar-refractivity contribution in [3.05, 3.63) is 70.5 Å². The van der Waals surface area contributed by atoms with Crippen molar-refractivity contribution in [1.29, 1.82) is 0 Å². The van der Waals surface area contributed by atoms with Crippen molar-refractivity contribution < 1.29 is 9.13 Å². The quantitative estimate of drug-likeness (QED) is 0.869. The van der Waals surface area contributed by atoms with Crippen LogP contribution in [0.3, 0.4) is 0 Å². The molecule has 21 heavy (non-hydrogen) atoms. The summed E-state index contributed by atoms with van der Waals surface area (Å²) >= 11 is 0. The van der Waals surface area contributed by atoms with Crippen LogP contribution in [0.2, 0.25) is 0 Å². The predicted octanol–water partition coefficient (Wildman–Crippen LogP) is 3.92. The Morgan fingerprint density at radius 2 is 1.86 bits per heavy atom. The highest BCUT2D eigenvalue weighted by atomic mass is 19.1. The lowest BCUT2D eigenvalue weighted by Gasteiger charge is -2.18. The zero-order valence-corrected chi connectivity index (χ0v) is 12.8. The molecule has 1 unspecified atom stereocenters. The molecule has 0 fully saturated rings. The number of ether oxygens (including phenoxy) is 1. The molecule has 0 heterocycles. The number of rotatable bonds is 6. The van der Waals surface area contributed by atoms with E-state index in [0.29, 0.717) is 12.2 Å². The molecule has 0 bridgehead atoms. The fraction of sp³-hybridized carbons (Fsp3) is 0.333. The molecule has 3 heteroatoms. The molecule has 0 aliphatic carbocycles. The molecular formula is C18H22FNO. The number of hydrogen-bond acceptors (Lipinski definition) is 2. The van der Waals surface area contributed by atoms with Crippen LogP contribution in [-0.4, -0.2) is 13.7 Å². The molecule has 2 aromatic rings. The molecule has 0 aliphatic heterocycles. The zero-order chi connectivity index (χ0) is 15.2. The minimum absolute atomic E-state index is 0.107. The Labute approximate surface area is 126 Å². The Kier molecular flexibility index (Phi) is 5.48. The van der Waals surface area contributed by atoms with Crippen LogP contribution in [0.5, 0.6) is 0 Å². The van der Waals surface area contributed by atoms with Gasteiger partial charge in [-0.3, -0.25) is 0 Å². The topological polar surface area (TPSA) is 21.3 Å². The van der Waals surface area contributed by atoms with Crippen LogP contribution in [0.1, 0.15) is 28.3 Å². The van der Waals surface area contributed by atoms with Crippen molar-refractivity contribution in [2.24, 2.45) is 0 Å². The van der Waals surface area contributed by atoms with Gasteiger partial charge in [-0.1, -0.05) is 36.4 Å². The molecule has 2 nitrogen and oxygen atoms in total. The van der Waals surface area contributed by atoms with Gasteiger partial charge in [-0.05, 0) is 43.7 Å². The fourth-order valence-corrected chi connectivity index (χ4v) is 2.23. The molecule has 2 aromatic carbocycles. The first-order chi connectivity index (χ1) is 10.1. The SMILES string of the molecule is CNC(COCc1ccccc1F)c1ccc(C)c(C)c1. The monoisotopic (exact) mass is 287 g/mol. The van der Waals surface area contributed by atoms with E-state index < -0.39 is 0 Å². The predicted molar refractivity (Wildman–Crippen MR) is 83.8 cm³/mol. The molecule has 0 aromatic heterocycles. The summed E-state index contributed by atoms with van der Waals surface area (Å²) in [6.07, 6.45) is 0. The number of aryl methyl sites for hydroxylation is 2. The van der Waals surface area contributed by atoms with Gasteiger partial charge in [-0.2, -0.15) is 0 Å². The number of benzene rings is 2. The summed E-state index contributed by atoms with van der Waals surface area (Å²) in [4.78, 5) is 0. The first kappa shape index (κ1) is 15.7. The fourth-order valence-electron chi connectivity index (χ4n) is 2.23. The van der Waals surface area contributed by atoms with Crippen molar-refractivity contribution in [3.8, 4) is 0 Å². The van der Waals surface area contributed by atoms with Gasteiger partial charge in [0.2, 0.25) is 0 Å². The Hall–Kier alpha value is -1.71. The normalized spacial score (nSPS) is 12.4. The maximum absolute atomic E-state index is 13.5. The second kappa shape index (κ2) is 7.34.